The van der Waals surface area contributed by atoms with Gasteiger partial charge in [-0.05, 0) is 47.4 Å². The number of rotatable bonds is 6. The summed E-state index contributed by atoms with van der Waals surface area (Å²) in [5.74, 6) is -2.11. The average molecular weight is 412 g/mol. The van der Waals surface area contributed by atoms with Gasteiger partial charge in [0.1, 0.15) is 11.6 Å². The zero-order chi connectivity index (χ0) is 20.8. The molecule has 3 rings (SSSR count). The maximum absolute atomic E-state index is 14.3. The highest BCUT2D eigenvalue weighted by atomic mass is 32.1. The molecule has 0 aliphatic carbocycles. The molecule has 0 atom stereocenters. The van der Waals surface area contributed by atoms with Gasteiger partial charge < -0.3 is 10.2 Å². The second kappa shape index (κ2) is 9.25. The van der Waals surface area contributed by atoms with Crippen molar-refractivity contribution >= 4 is 40.6 Å². The highest BCUT2D eigenvalue weighted by Gasteiger charge is 2.18. The third-order valence-corrected chi connectivity index (χ3v) is 4.87. The van der Waals surface area contributed by atoms with Gasteiger partial charge in [0, 0.05) is 29.6 Å². The third-order valence-electron chi connectivity index (χ3n) is 4.01. The number of nitrogens with one attached hydrogen (secondary N) is 1. The quantitative estimate of drug-likeness (QED) is 0.564. The first-order chi connectivity index (χ1) is 13.9. The summed E-state index contributed by atoms with van der Waals surface area (Å²) in [5, 5.41) is 4.53. The van der Waals surface area contributed by atoms with E-state index in [0.717, 1.165) is 22.6 Å². The fourth-order valence-electron chi connectivity index (χ4n) is 2.68. The molecule has 3 aromatic rings. The number of hydrogen-bond acceptors (Lipinski definition) is 3. The van der Waals surface area contributed by atoms with Crippen LogP contribution in [0, 0.1) is 11.6 Å². The van der Waals surface area contributed by atoms with Crippen LogP contribution in [0.25, 0.3) is 6.08 Å². The Morgan fingerprint density at radius 3 is 2.48 bits per heavy atom. The lowest BCUT2D eigenvalue weighted by Gasteiger charge is -2.21. The molecule has 1 heterocycles. The maximum atomic E-state index is 14.3. The topological polar surface area (TPSA) is 49.4 Å². The van der Waals surface area contributed by atoms with Gasteiger partial charge in [0.2, 0.25) is 5.91 Å². The fourth-order valence-corrected chi connectivity index (χ4v) is 3.37. The summed E-state index contributed by atoms with van der Waals surface area (Å²) in [7, 11) is 0. The van der Waals surface area contributed by atoms with E-state index in [2.05, 4.69) is 5.32 Å². The van der Waals surface area contributed by atoms with E-state index in [1.54, 1.807) is 30.3 Å². The molecule has 148 valence electrons. The first-order valence-corrected chi connectivity index (χ1v) is 9.65. The number of thiophene rings is 1. The van der Waals surface area contributed by atoms with E-state index in [9.17, 15) is 18.4 Å². The molecule has 4 nitrogen and oxygen atoms in total. The van der Waals surface area contributed by atoms with Crippen molar-refractivity contribution in [3.05, 3.63) is 88.1 Å². The molecule has 29 heavy (non-hydrogen) atoms. The minimum atomic E-state index is -0.803. The summed E-state index contributed by atoms with van der Waals surface area (Å²) in [4.78, 5) is 26.0. The predicted molar refractivity (Wildman–Crippen MR) is 112 cm³/mol. The number of benzene rings is 2. The molecular weight excluding hydrogens is 394 g/mol. The van der Waals surface area contributed by atoms with Gasteiger partial charge >= 0.3 is 0 Å². The van der Waals surface area contributed by atoms with Crippen molar-refractivity contribution in [3.8, 4) is 0 Å². The number of halogens is 2. The van der Waals surface area contributed by atoms with Crippen LogP contribution in [0.3, 0.4) is 0 Å². The van der Waals surface area contributed by atoms with E-state index in [0.29, 0.717) is 5.69 Å². The largest absolute Gasteiger partial charge is 0.326 e. The maximum Gasteiger partial charge on any atom is 0.251 e. The van der Waals surface area contributed by atoms with Crippen LogP contribution in [0.5, 0.6) is 0 Å². The van der Waals surface area contributed by atoms with Gasteiger partial charge in [0.05, 0.1) is 12.2 Å². The summed E-state index contributed by atoms with van der Waals surface area (Å²) in [6.45, 7) is 1.59. The molecule has 0 spiro atoms. The molecule has 7 heteroatoms. The smallest absolute Gasteiger partial charge is 0.251 e. The van der Waals surface area contributed by atoms with Crippen LogP contribution >= 0.6 is 11.3 Å². The van der Waals surface area contributed by atoms with Crippen LogP contribution in [0.1, 0.15) is 17.4 Å². The van der Waals surface area contributed by atoms with Crippen LogP contribution < -0.4 is 10.2 Å². The second-order valence-electron chi connectivity index (χ2n) is 6.24. The third kappa shape index (κ3) is 5.58. The van der Waals surface area contributed by atoms with E-state index in [1.807, 2.05) is 17.5 Å². The normalized spacial score (nSPS) is 10.9. The van der Waals surface area contributed by atoms with Gasteiger partial charge in [-0.3, -0.25) is 9.59 Å². The Labute approximate surface area is 171 Å². The van der Waals surface area contributed by atoms with Crippen molar-refractivity contribution < 1.29 is 18.4 Å². The first-order valence-electron chi connectivity index (χ1n) is 8.77. The average Bonchev–Trinajstić information content (AvgIpc) is 3.19. The lowest BCUT2D eigenvalue weighted by molar-refractivity contribution is -0.115. The summed E-state index contributed by atoms with van der Waals surface area (Å²) in [6.07, 6.45) is 2.94. The Morgan fingerprint density at radius 1 is 1.10 bits per heavy atom. The first kappa shape index (κ1) is 20.4. The fraction of sp³-hybridized carbons (Fsp3) is 0.0909. The van der Waals surface area contributed by atoms with Gasteiger partial charge in [-0.15, -0.1) is 11.3 Å². The monoisotopic (exact) mass is 412 g/mol. The summed E-state index contributed by atoms with van der Waals surface area (Å²) >= 11 is 1.44. The molecule has 1 aromatic heterocycles. The molecule has 0 aliphatic heterocycles. The minimum absolute atomic E-state index is 0.00968. The molecule has 2 amide bonds. The molecular formula is C22H18F2N2O2S. The van der Waals surface area contributed by atoms with E-state index in [4.69, 9.17) is 0 Å². The van der Waals surface area contributed by atoms with Crippen LogP contribution in [0.2, 0.25) is 0 Å². The lowest BCUT2D eigenvalue weighted by Crippen LogP contribution is -2.29. The van der Waals surface area contributed by atoms with Crippen LogP contribution in [0.15, 0.2) is 66.1 Å². The molecule has 0 radical (unpaired) electrons. The number of hydrogen-bond donors (Lipinski definition) is 1. The molecule has 1 N–H and O–H groups in total. The summed E-state index contributed by atoms with van der Waals surface area (Å²) in [5.41, 5.74) is 1.40. The van der Waals surface area contributed by atoms with Crippen molar-refractivity contribution in [3.63, 3.8) is 0 Å². The molecule has 2 aromatic carbocycles. The molecule has 0 aliphatic rings. The van der Waals surface area contributed by atoms with Crippen molar-refractivity contribution in [2.24, 2.45) is 0 Å². The Kier molecular flexibility index (Phi) is 6.51. The standard InChI is InChI=1S/C22H18F2N2O2S/c1-15(27)25-18-8-4-16(5-9-18)6-11-22(28)26(14-19-3-2-12-29-19)21-10-7-17(23)13-20(21)24/h2-13H,14H2,1H3,(H,25,27). The number of nitrogens with zero attached hydrogens (tertiary/aromatic N) is 1. The zero-order valence-electron chi connectivity index (χ0n) is 15.6. The summed E-state index contributed by atoms with van der Waals surface area (Å²) in [6, 6.07) is 13.8. The van der Waals surface area contributed by atoms with Gasteiger partial charge in [-0.2, -0.15) is 0 Å². The molecule has 0 bridgehead atoms. The Bertz CT molecular complexity index is 1030. The van der Waals surface area contributed by atoms with Gasteiger partial charge in [-0.25, -0.2) is 8.78 Å². The van der Waals surface area contributed by atoms with Gasteiger partial charge in [0.25, 0.3) is 5.91 Å². The van der Waals surface area contributed by atoms with Crippen LogP contribution in [0.4, 0.5) is 20.2 Å². The van der Waals surface area contributed by atoms with E-state index in [-0.39, 0.29) is 18.1 Å². The number of carbonyl (C=O) groups is 2. The Balaban J connectivity index is 1.82. The number of amides is 2. The van der Waals surface area contributed by atoms with Gasteiger partial charge in [0.15, 0.2) is 0 Å². The lowest BCUT2D eigenvalue weighted by atomic mass is 10.2. The number of anilines is 2. The van der Waals surface area contributed by atoms with E-state index >= 15 is 0 Å². The summed E-state index contributed by atoms with van der Waals surface area (Å²) < 4.78 is 27.6. The minimum Gasteiger partial charge on any atom is -0.326 e. The van der Waals surface area contributed by atoms with Gasteiger partial charge in [-0.1, -0.05) is 18.2 Å². The van der Waals surface area contributed by atoms with Crippen molar-refractivity contribution in [1.82, 2.24) is 0 Å². The van der Waals surface area contributed by atoms with Crippen molar-refractivity contribution in [2.45, 2.75) is 13.5 Å². The van der Waals surface area contributed by atoms with E-state index < -0.39 is 17.5 Å². The second-order valence-corrected chi connectivity index (χ2v) is 7.27. The Morgan fingerprint density at radius 2 is 1.86 bits per heavy atom. The molecule has 0 unspecified atom stereocenters. The molecule has 0 saturated heterocycles. The van der Waals surface area contributed by atoms with Crippen LogP contribution in [-0.2, 0) is 16.1 Å². The highest BCUT2D eigenvalue weighted by Crippen LogP contribution is 2.24. The SMILES string of the molecule is CC(=O)Nc1ccc(C=CC(=O)N(Cc2cccs2)c2ccc(F)cc2F)cc1. The Hall–Kier alpha value is -3.32. The number of carbonyl (C=O) groups excluding carboxylic acids is 2. The molecule has 0 saturated carbocycles. The van der Waals surface area contributed by atoms with E-state index in [1.165, 1.54) is 35.3 Å². The van der Waals surface area contributed by atoms with Crippen molar-refractivity contribution in [1.29, 1.82) is 0 Å². The molecule has 0 fully saturated rings. The predicted octanol–water partition coefficient (Wildman–Crippen LogP) is 5.23. The highest BCUT2D eigenvalue weighted by molar-refractivity contribution is 7.09. The van der Waals surface area contributed by atoms with Crippen molar-refractivity contribution in [2.75, 3.05) is 10.2 Å². The van der Waals surface area contributed by atoms with Crippen LogP contribution in [-0.4, -0.2) is 11.8 Å². The zero-order valence-corrected chi connectivity index (χ0v) is 16.4.